The minimum absolute atomic E-state index is 0.00743. The molecule has 0 radical (unpaired) electrons. The summed E-state index contributed by atoms with van der Waals surface area (Å²) < 4.78 is 5.76. The van der Waals surface area contributed by atoms with Gasteiger partial charge in [-0.25, -0.2) is 5.10 Å². The highest BCUT2D eigenvalue weighted by atomic mass is 35.5. The van der Waals surface area contributed by atoms with Crippen molar-refractivity contribution in [3.8, 4) is 11.5 Å². The molecule has 0 spiro atoms. The first-order valence-electron chi connectivity index (χ1n) is 7.17. The lowest BCUT2D eigenvalue weighted by atomic mass is 10.2. The highest BCUT2D eigenvalue weighted by molar-refractivity contribution is 6.32. The zero-order valence-electron chi connectivity index (χ0n) is 12.7. The first kappa shape index (κ1) is 17.0. The Balaban J connectivity index is 1.70. The van der Waals surface area contributed by atoms with Crippen LogP contribution in [0.5, 0.6) is 11.5 Å². The van der Waals surface area contributed by atoms with Crippen molar-refractivity contribution in [2.45, 2.75) is 0 Å². The van der Waals surface area contributed by atoms with E-state index in [1.165, 1.54) is 6.20 Å². The number of aromatic amines is 1. The Labute approximate surface area is 153 Å². The van der Waals surface area contributed by atoms with Crippen molar-refractivity contribution in [3.63, 3.8) is 0 Å². The van der Waals surface area contributed by atoms with E-state index in [-0.39, 0.29) is 5.02 Å². The first-order chi connectivity index (χ1) is 12.1. The van der Waals surface area contributed by atoms with Crippen LogP contribution in [0.3, 0.4) is 0 Å². The third-order valence-electron chi connectivity index (χ3n) is 3.10. The minimum atomic E-state index is -0.486. The number of rotatable bonds is 5. The first-order valence-corrected chi connectivity index (χ1v) is 7.93. The number of hydrogen-bond donors (Lipinski definition) is 2. The number of nitrogens with zero attached hydrogens (tertiary/aromatic N) is 2. The average Bonchev–Trinajstić information content (AvgIpc) is 2.61. The maximum Gasteiger partial charge on any atom is 0.285 e. The van der Waals surface area contributed by atoms with Gasteiger partial charge in [0, 0.05) is 5.02 Å². The molecule has 0 aliphatic rings. The molecule has 0 amide bonds. The van der Waals surface area contributed by atoms with E-state index >= 15 is 0 Å². The maximum absolute atomic E-state index is 11.3. The summed E-state index contributed by atoms with van der Waals surface area (Å²) in [6, 6.07) is 14.4. The topological polar surface area (TPSA) is 79.4 Å². The van der Waals surface area contributed by atoms with Gasteiger partial charge >= 0.3 is 0 Å². The Bertz CT molecular complexity index is 955. The molecular formula is C17H12Cl2N4O2. The maximum atomic E-state index is 11.3. The third kappa shape index (κ3) is 4.59. The van der Waals surface area contributed by atoms with Gasteiger partial charge in [0.25, 0.3) is 5.56 Å². The van der Waals surface area contributed by atoms with Gasteiger partial charge in [0.05, 0.1) is 12.4 Å². The van der Waals surface area contributed by atoms with Crippen molar-refractivity contribution in [2.24, 2.45) is 5.10 Å². The van der Waals surface area contributed by atoms with Gasteiger partial charge in [-0.3, -0.25) is 10.2 Å². The average molecular weight is 375 g/mol. The van der Waals surface area contributed by atoms with Crippen molar-refractivity contribution in [1.82, 2.24) is 10.2 Å². The molecular weight excluding hydrogens is 363 g/mol. The van der Waals surface area contributed by atoms with E-state index in [1.807, 2.05) is 24.3 Å². The zero-order chi connectivity index (χ0) is 17.6. The number of hydrazone groups is 1. The fraction of sp³-hybridized carbons (Fsp3) is 0. The number of nitrogens with one attached hydrogen (secondary N) is 2. The molecule has 0 bridgehead atoms. The Morgan fingerprint density at radius 3 is 2.72 bits per heavy atom. The molecule has 126 valence electrons. The molecule has 0 aliphatic heterocycles. The summed E-state index contributed by atoms with van der Waals surface area (Å²) in [5.41, 5.74) is 3.31. The summed E-state index contributed by atoms with van der Waals surface area (Å²) >= 11 is 11.7. The van der Waals surface area contributed by atoms with Gasteiger partial charge in [-0.1, -0.05) is 35.3 Å². The summed E-state index contributed by atoms with van der Waals surface area (Å²) in [4.78, 5) is 11.3. The standard InChI is InChI=1S/C17H12Cl2N4O2/c18-12-4-6-13(7-5-12)25-14-3-1-2-11(8-14)9-20-22-15-10-21-23-17(24)16(15)19/h1-10H,(H2,22,23,24)/b20-9-. The Kier molecular flexibility index (Phi) is 5.33. The van der Waals surface area contributed by atoms with E-state index in [2.05, 4.69) is 20.7 Å². The number of anilines is 1. The molecule has 6 nitrogen and oxygen atoms in total. The Morgan fingerprint density at radius 1 is 1.12 bits per heavy atom. The molecule has 0 atom stereocenters. The van der Waals surface area contributed by atoms with Gasteiger partial charge in [0.2, 0.25) is 0 Å². The van der Waals surface area contributed by atoms with Gasteiger partial charge < -0.3 is 4.74 Å². The van der Waals surface area contributed by atoms with Crippen LogP contribution in [0.25, 0.3) is 0 Å². The second kappa shape index (κ2) is 7.83. The van der Waals surface area contributed by atoms with Gasteiger partial charge in [-0.2, -0.15) is 10.2 Å². The molecule has 0 fully saturated rings. The summed E-state index contributed by atoms with van der Waals surface area (Å²) in [5, 5.41) is 10.6. The molecule has 3 rings (SSSR count). The fourth-order valence-electron chi connectivity index (χ4n) is 1.93. The molecule has 0 saturated heterocycles. The van der Waals surface area contributed by atoms with Crippen LogP contribution in [0.4, 0.5) is 5.69 Å². The van der Waals surface area contributed by atoms with Gasteiger partial charge in [-0.05, 0) is 42.0 Å². The SMILES string of the molecule is O=c1[nH]ncc(N/N=C\c2cccc(Oc3ccc(Cl)cc3)c2)c1Cl. The Hall–Kier alpha value is -2.83. The smallest absolute Gasteiger partial charge is 0.285 e. The van der Waals surface area contributed by atoms with E-state index in [1.54, 1.807) is 30.5 Å². The third-order valence-corrected chi connectivity index (χ3v) is 3.73. The normalized spacial score (nSPS) is 10.8. The molecule has 0 aliphatic carbocycles. The largest absolute Gasteiger partial charge is 0.457 e. The monoisotopic (exact) mass is 374 g/mol. The van der Waals surface area contributed by atoms with Crippen LogP contribution in [0.15, 0.2) is 64.6 Å². The summed E-state index contributed by atoms with van der Waals surface area (Å²) in [6.45, 7) is 0. The molecule has 0 unspecified atom stereocenters. The molecule has 25 heavy (non-hydrogen) atoms. The molecule has 2 N–H and O–H groups in total. The predicted molar refractivity (Wildman–Crippen MR) is 99.1 cm³/mol. The molecule has 0 saturated carbocycles. The van der Waals surface area contributed by atoms with E-state index in [9.17, 15) is 4.79 Å². The minimum Gasteiger partial charge on any atom is -0.457 e. The molecule has 8 heteroatoms. The predicted octanol–water partition coefficient (Wildman–Crippen LogP) is 4.32. The van der Waals surface area contributed by atoms with Crippen LogP contribution in [-0.4, -0.2) is 16.4 Å². The van der Waals surface area contributed by atoms with E-state index in [0.717, 1.165) is 5.56 Å². The van der Waals surface area contributed by atoms with E-state index in [4.69, 9.17) is 27.9 Å². The summed E-state index contributed by atoms with van der Waals surface area (Å²) in [7, 11) is 0. The van der Waals surface area contributed by atoms with Gasteiger partial charge in [-0.15, -0.1) is 0 Å². The quantitative estimate of drug-likeness (QED) is 0.514. The Morgan fingerprint density at radius 2 is 1.92 bits per heavy atom. The number of halogens is 2. The van der Waals surface area contributed by atoms with Crippen molar-refractivity contribution in [2.75, 3.05) is 5.43 Å². The van der Waals surface area contributed by atoms with Crippen LogP contribution in [0.1, 0.15) is 5.56 Å². The van der Waals surface area contributed by atoms with Crippen LogP contribution in [0, 0.1) is 0 Å². The number of hydrogen-bond acceptors (Lipinski definition) is 5. The van der Waals surface area contributed by atoms with Gasteiger partial charge in [0.15, 0.2) is 0 Å². The highest BCUT2D eigenvalue weighted by Crippen LogP contribution is 2.23. The molecule has 3 aromatic rings. The molecule has 1 heterocycles. The van der Waals surface area contributed by atoms with Crippen molar-refractivity contribution in [1.29, 1.82) is 0 Å². The van der Waals surface area contributed by atoms with Crippen molar-refractivity contribution >= 4 is 35.1 Å². The van der Waals surface area contributed by atoms with Crippen molar-refractivity contribution in [3.05, 3.63) is 80.7 Å². The van der Waals surface area contributed by atoms with Crippen LogP contribution in [0.2, 0.25) is 10.0 Å². The van der Waals surface area contributed by atoms with Crippen LogP contribution < -0.4 is 15.7 Å². The van der Waals surface area contributed by atoms with Crippen LogP contribution >= 0.6 is 23.2 Å². The van der Waals surface area contributed by atoms with E-state index < -0.39 is 5.56 Å². The zero-order valence-corrected chi connectivity index (χ0v) is 14.3. The lowest BCUT2D eigenvalue weighted by molar-refractivity contribution is 0.482. The van der Waals surface area contributed by atoms with Crippen LogP contribution in [-0.2, 0) is 0 Å². The second-order valence-corrected chi connectivity index (χ2v) is 5.74. The number of H-pyrrole nitrogens is 1. The molecule has 1 aromatic heterocycles. The number of aromatic nitrogens is 2. The lowest BCUT2D eigenvalue weighted by Gasteiger charge is -2.06. The van der Waals surface area contributed by atoms with Gasteiger partial charge in [0.1, 0.15) is 22.2 Å². The lowest BCUT2D eigenvalue weighted by Crippen LogP contribution is -2.10. The summed E-state index contributed by atoms with van der Waals surface area (Å²) in [6.07, 6.45) is 2.95. The fourth-order valence-corrected chi connectivity index (χ4v) is 2.19. The van der Waals surface area contributed by atoms with Crippen molar-refractivity contribution < 1.29 is 4.74 Å². The molecule has 2 aromatic carbocycles. The highest BCUT2D eigenvalue weighted by Gasteiger charge is 2.03. The summed E-state index contributed by atoms with van der Waals surface area (Å²) in [5.74, 6) is 1.33. The second-order valence-electron chi connectivity index (χ2n) is 4.93. The number of benzene rings is 2. The van der Waals surface area contributed by atoms with E-state index in [0.29, 0.717) is 22.2 Å². The number of ether oxygens (including phenoxy) is 1.